The fraction of sp³-hybridized carbons (Fsp3) is 0.600. The van der Waals surface area contributed by atoms with Gasteiger partial charge in [-0.1, -0.05) is 11.6 Å². The Morgan fingerprint density at radius 2 is 2.06 bits per heavy atom. The highest BCUT2D eigenvalue weighted by Gasteiger charge is 2.34. The SMILES string of the molecule is CC1CN(C(=O)OC(C)(C)C)CCN1c1c(C#N)c(=O)n(CC2CCCN2C)c2nc(Cl)c(F)cc12. The van der Waals surface area contributed by atoms with E-state index >= 15 is 0 Å². The Bertz CT molecular complexity index is 1280. The van der Waals surface area contributed by atoms with Crippen molar-refractivity contribution in [1.82, 2.24) is 19.4 Å². The molecule has 2 aliphatic heterocycles. The van der Waals surface area contributed by atoms with Gasteiger partial charge in [-0.3, -0.25) is 9.36 Å². The van der Waals surface area contributed by atoms with E-state index in [2.05, 4.69) is 16.0 Å². The Morgan fingerprint density at radius 1 is 1.33 bits per heavy atom. The van der Waals surface area contributed by atoms with Gasteiger partial charge in [0.05, 0.1) is 5.69 Å². The van der Waals surface area contributed by atoms with Crippen LogP contribution in [0.25, 0.3) is 11.0 Å². The van der Waals surface area contributed by atoms with E-state index in [1.54, 1.807) is 25.7 Å². The highest BCUT2D eigenvalue weighted by atomic mass is 35.5. The fourth-order valence-corrected chi connectivity index (χ4v) is 5.21. The average Bonchev–Trinajstić information content (AvgIpc) is 3.20. The molecule has 0 saturated carbocycles. The predicted molar refractivity (Wildman–Crippen MR) is 136 cm³/mol. The second kappa shape index (κ2) is 9.87. The summed E-state index contributed by atoms with van der Waals surface area (Å²) < 4.78 is 21.6. The van der Waals surface area contributed by atoms with E-state index in [0.29, 0.717) is 37.3 Å². The van der Waals surface area contributed by atoms with Crippen molar-refractivity contribution in [3.05, 3.63) is 33.0 Å². The summed E-state index contributed by atoms with van der Waals surface area (Å²) in [6, 6.07) is 3.16. The number of piperazine rings is 1. The number of pyridine rings is 2. The predicted octanol–water partition coefficient (Wildman–Crippen LogP) is 3.60. The zero-order valence-electron chi connectivity index (χ0n) is 21.3. The first-order valence-corrected chi connectivity index (χ1v) is 12.6. The van der Waals surface area contributed by atoms with Crippen LogP contribution >= 0.6 is 11.6 Å². The van der Waals surface area contributed by atoms with Crippen molar-refractivity contribution in [2.75, 3.05) is 38.1 Å². The topological polar surface area (TPSA) is 94.7 Å². The third kappa shape index (κ3) is 5.00. The van der Waals surface area contributed by atoms with Gasteiger partial charge in [0.25, 0.3) is 5.56 Å². The van der Waals surface area contributed by atoms with Gasteiger partial charge in [0, 0.05) is 43.6 Å². The van der Waals surface area contributed by atoms with Crippen LogP contribution in [0, 0.1) is 17.1 Å². The molecule has 1 amide bonds. The minimum Gasteiger partial charge on any atom is -0.444 e. The quantitative estimate of drug-likeness (QED) is 0.573. The molecule has 4 heterocycles. The Hall–Kier alpha value is -2.90. The van der Waals surface area contributed by atoms with Crippen molar-refractivity contribution >= 4 is 34.4 Å². The van der Waals surface area contributed by atoms with Gasteiger partial charge in [-0.25, -0.2) is 14.2 Å². The summed E-state index contributed by atoms with van der Waals surface area (Å²) in [6.45, 7) is 9.54. The molecule has 11 heteroatoms. The first kappa shape index (κ1) is 26.2. The number of nitrogens with zero attached hydrogens (tertiary/aromatic N) is 6. The number of carbonyl (C=O) groups is 1. The van der Waals surface area contributed by atoms with E-state index in [9.17, 15) is 19.2 Å². The number of halogens is 2. The van der Waals surface area contributed by atoms with Gasteiger partial charge in [0.1, 0.15) is 22.9 Å². The first-order valence-electron chi connectivity index (χ1n) is 12.2. The molecular formula is C25H32ClFN6O3. The van der Waals surface area contributed by atoms with Gasteiger partial charge in [-0.05, 0) is 60.2 Å². The smallest absolute Gasteiger partial charge is 0.410 e. The van der Waals surface area contributed by atoms with Gasteiger partial charge in [-0.2, -0.15) is 5.26 Å². The number of amides is 1. The van der Waals surface area contributed by atoms with Crippen LogP contribution in [-0.2, 0) is 11.3 Å². The van der Waals surface area contributed by atoms with Crippen molar-refractivity contribution in [3.63, 3.8) is 0 Å². The molecule has 0 spiro atoms. The molecule has 2 aromatic rings. The van der Waals surface area contributed by atoms with Crippen LogP contribution in [0.4, 0.5) is 14.9 Å². The number of nitriles is 1. The zero-order valence-corrected chi connectivity index (χ0v) is 22.1. The molecule has 2 unspecified atom stereocenters. The van der Waals surface area contributed by atoms with Gasteiger partial charge in [-0.15, -0.1) is 0 Å². The maximum absolute atomic E-state index is 14.7. The molecule has 2 fully saturated rings. The van der Waals surface area contributed by atoms with Crippen molar-refractivity contribution in [2.45, 2.75) is 64.8 Å². The van der Waals surface area contributed by atoms with E-state index in [1.807, 2.05) is 18.9 Å². The molecular weight excluding hydrogens is 487 g/mol. The van der Waals surface area contributed by atoms with Gasteiger partial charge in [0.15, 0.2) is 11.0 Å². The molecule has 0 aliphatic carbocycles. The van der Waals surface area contributed by atoms with Gasteiger partial charge >= 0.3 is 6.09 Å². The third-order valence-corrected chi connectivity index (χ3v) is 7.13. The number of anilines is 1. The number of likely N-dealkylation sites (N-methyl/N-ethyl adjacent to an activating group) is 1. The Labute approximate surface area is 215 Å². The van der Waals surface area contributed by atoms with Crippen LogP contribution in [0.2, 0.25) is 5.15 Å². The van der Waals surface area contributed by atoms with Crippen LogP contribution in [0.1, 0.15) is 46.1 Å². The second-order valence-corrected chi connectivity index (χ2v) is 11.0. The van der Waals surface area contributed by atoms with Crippen molar-refractivity contribution in [1.29, 1.82) is 5.26 Å². The summed E-state index contributed by atoms with van der Waals surface area (Å²) in [6.07, 6.45) is 1.50. The first-order chi connectivity index (χ1) is 16.9. The number of hydrogen-bond acceptors (Lipinski definition) is 7. The van der Waals surface area contributed by atoms with Crippen LogP contribution < -0.4 is 10.5 Å². The lowest BCUT2D eigenvalue weighted by Gasteiger charge is -2.42. The molecule has 2 aliphatic rings. The summed E-state index contributed by atoms with van der Waals surface area (Å²) in [5, 5.41) is 10.1. The number of likely N-dealkylation sites (tertiary alicyclic amines) is 1. The number of hydrogen-bond donors (Lipinski definition) is 0. The van der Waals surface area contributed by atoms with E-state index in [0.717, 1.165) is 19.4 Å². The maximum Gasteiger partial charge on any atom is 0.410 e. The van der Waals surface area contributed by atoms with Crippen molar-refractivity contribution < 1.29 is 13.9 Å². The van der Waals surface area contributed by atoms with Crippen LogP contribution in [-0.4, -0.2) is 76.4 Å². The number of fused-ring (bicyclic) bond motifs is 1. The second-order valence-electron chi connectivity index (χ2n) is 10.6. The standard InChI is InChI=1S/C25H32ClFN6O3/c1-15-13-31(24(35)36-25(2,3)4)9-10-32(15)20-17-11-19(27)21(26)29-22(17)33(23(34)18(20)12-28)14-16-7-6-8-30(16)5/h11,15-16H,6-10,13-14H2,1-5H3. The molecule has 2 atom stereocenters. The molecule has 0 N–H and O–H groups in total. The molecule has 0 radical (unpaired) electrons. The lowest BCUT2D eigenvalue weighted by molar-refractivity contribution is 0.0219. The lowest BCUT2D eigenvalue weighted by atomic mass is 10.1. The number of rotatable bonds is 3. The van der Waals surface area contributed by atoms with E-state index in [4.69, 9.17) is 16.3 Å². The highest BCUT2D eigenvalue weighted by molar-refractivity contribution is 6.30. The third-order valence-electron chi connectivity index (χ3n) is 6.86. The van der Waals surface area contributed by atoms with Crippen LogP contribution in [0.15, 0.2) is 10.9 Å². The van der Waals surface area contributed by atoms with Gasteiger partial charge < -0.3 is 19.4 Å². The van der Waals surface area contributed by atoms with Gasteiger partial charge in [0.2, 0.25) is 0 Å². The average molecular weight is 519 g/mol. The minimum absolute atomic E-state index is 0.0655. The number of aromatic nitrogens is 2. The summed E-state index contributed by atoms with van der Waals surface area (Å²) >= 11 is 6.06. The Kier molecular flexibility index (Phi) is 7.17. The molecule has 2 saturated heterocycles. The summed E-state index contributed by atoms with van der Waals surface area (Å²) in [5.41, 5.74) is -0.584. The Morgan fingerprint density at radius 3 is 2.64 bits per heavy atom. The van der Waals surface area contributed by atoms with Crippen LogP contribution in [0.3, 0.4) is 0 Å². The maximum atomic E-state index is 14.7. The monoisotopic (exact) mass is 518 g/mol. The van der Waals surface area contributed by atoms with Crippen molar-refractivity contribution in [2.24, 2.45) is 0 Å². The normalized spacial score (nSPS) is 21.2. The van der Waals surface area contributed by atoms with Crippen molar-refractivity contribution in [3.8, 4) is 6.07 Å². The summed E-state index contributed by atoms with van der Waals surface area (Å²) in [7, 11) is 2.00. The number of carbonyl (C=O) groups excluding carboxylic acids is 1. The lowest BCUT2D eigenvalue weighted by Crippen LogP contribution is -2.55. The summed E-state index contributed by atoms with van der Waals surface area (Å²) in [4.78, 5) is 36.2. The molecule has 0 aromatic carbocycles. The number of ether oxygens (including phenoxy) is 1. The molecule has 0 bridgehead atoms. The molecule has 194 valence electrons. The van der Waals surface area contributed by atoms with E-state index in [-0.39, 0.29) is 28.4 Å². The summed E-state index contributed by atoms with van der Waals surface area (Å²) in [5.74, 6) is -0.725. The largest absolute Gasteiger partial charge is 0.444 e. The fourth-order valence-electron chi connectivity index (χ4n) is 5.08. The Balaban J connectivity index is 1.79. The molecule has 2 aromatic heterocycles. The zero-order chi connectivity index (χ0) is 26.4. The van der Waals surface area contributed by atoms with E-state index < -0.39 is 23.1 Å². The molecule has 9 nitrogen and oxygen atoms in total. The van der Waals surface area contributed by atoms with E-state index in [1.165, 1.54) is 10.6 Å². The molecule has 36 heavy (non-hydrogen) atoms. The van der Waals surface area contributed by atoms with Crippen LogP contribution in [0.5, 0.6) is 0 Å². The molecule has 4 rings (SSSR count). The highest BCUT2D eigenvalue weighted by Crippen LogP contribution is 2.33. The minimum atomic E-state index is -0.725.